The Morgan fingerprint density at radius 1 is 1.09 bits per heavy atom. The number of hydrogen-bond acceptors (Lipinski definition) is 7. The molecule has 0 aliphatic carbocycles. The molecule has 3 heterocycles. The van der Waals surface area contributed by atoms with E-state index in [9.17, 15) is 4.57 Å². The van der Waals surface area contributed by atoms with Gasteiger partial charge in [0, 0.05) is 24.4 Å². The average molecular weight is 482 g/mol. The number of benzene rings is 1. The van der Waals surface area contributed by atoms with Crippen LogP contribution in [0.15, 0.2) is 65.4 Å². The lowest BCUT2D eigenvalue weighted by Gasteiger charge is -2.07. The van der Waals surface area contributed by atoms with Gasteiger partial charge in [0.25, 0.3) is 5.82 Å². The number of rotatable bonds is 9. The lowest BCUT2D eigenvalue weighted by molar-refractivity contribution is -0.711. The molecule has 0 atom stereocenters. The van der Waals surface area contributed by atoms with Gasteiger partial charge in [-0.1, -0.05) is 29.4 Å². The van der Waals surface area contributed by atoms with E-state index in [-0.39, 0.29) is 5.82 Å². The van der Waals surface area contributed by atoms with Crippen LogP contribution in [0.2, 0.25) is 0 Å². The molecule has 0 fully saturated rings. The monoisotopic (exact) mass is 482 g/mol. The van der Waals surface area contributed by atoms with Crippen molar-refractivity contribution in [3.63, 3.8) is 0 Å². The lowest BCUT2D eigenvalue weighted by atomic mass is 10.0. The third-order valence-electron chi connectivity index (χ3n) is 5.22. The highest BCUT2D eigenvalue weighted by atomic mass is 31.2. The third kappa shape index (κ3) is 6.33. The Hall–Kier alpha value is -3.43. The van der Waals surface area contributed by atoms with Gasteiger partial charge in [-0.15, -0.1) is 0 Å². The molecule has 0 radical (unpaired) electrons. The van der Waals surface area contributed by atoms with Gasteiger partial charge in [-0.3, -0.25) is 5.73 Å². The van der Waals surface area contributed by atoms with Crippen LogP contribution in [0.3, 0.4) is 0 Å². The van der Waals surface area contributed by atoms with Crippen molar-refractivity contribution in [2.24, 2.45) is 0 Å². The molecule has 0 unspecified atom stereocenters. The maximum Gasteiger partial charge on any atom is 0.472 e. The Bertz CT molecular complexity index is 1320. The molecule has 0 spiro atoms. The Kier molecular flexibility index (Phi) is 7.14. The first-order valence-electron chi connectivity index (χ1n) is 10.6. The van der Waals surface area contributed by atoms with Crippen LogP contribution in [0.5, 0.6) is 0 Å². The summed E-state index contributed by atoms with van der Waals surface area (Å²) in [5, 5.41) is 4.14. The number of nitrogen functional groups attached to an aromatic ring is 1. The van der Waals surface area contributed by atoms with E-state index in [0.29, 0.717) is 17.7 Å². The third-order valence-corrected chi connectivity index (χ3v) is 5.67. The van der Waals surface area contributed by atoms with E-state index in [1.165, 1.54) is 10.1 Å². The van der Waals surface area contributed by atoms with Gasteiger partial charge in [0.15, 0.2) is 5.76 Å². The fourth-order valence-electron chi connectivity index (χ4n) is 3.49. The molecule has 4 rings (SSSR count). The SMILES string of the molecule is Cc1nccc(CCc2ccc(Cc3cc(-c4ccc[n+](COP(=O)(O)O)c4N)on3)cc2)n1. The summed E-state index contributed by atoms with van der Waals surface area (Å²) in [6, 6.07) is 15.5. The van der Waals surface area contributed by atoms with Crippen molar-refractivity contribution in [1.29, 1.82) is 0 Å². The standard InChI is InChI=1S/C23H24N5O5P/c1-16-25-11-10-19(26-16)9-8-17-4-6-18(7-5-17)13-20-14-22(33-27-20)21-3-2-12-28(23(21)24)15-32-34(29,30)31/h2-7,10-12,14,24H,8-9,13,15H2,1H3,(H2,29,30,31)/p+1. The molecule has 0 amide bonds. The number of hydrogen-bond donors (Lipinski definition) is 3. The van der Waals surface area contributed by atoms with Gasteiger partial charge in [0.1, 0.15) is 11.4 Å². The normalized spacial score (nSPS) is 11.6. The fraction of sp³-hybridized carbons (Fsp3) is 0.217. The zero-order valence-electron chi connectivity index (χ0n) is 18.5. The van der Waals surface area contributed by atoms with Crippen molar-refractivity contribution in [2.75, 3.05) is 5.73 Å². The Morgan fingerprint density at radius 2 is 1.85 bits per heavy atom. The molecule has 11 heteroatoms. The van der Waals surface area contributed by atoms with Crippen molar-refractivity contribution in [2.45, 2.75) is 32.9 Å². The maximum absolute atomic E-state index is 11.0. The summed E-state index contributed by atoms with van der Waals surface area (Å²) in [7, 11) is -4.62. The van der Waals surface area contributed by atoms with Gasteiger partial charge < -0.3 is 14.3 Å². The molecule has 3 aromatic heterocycles. The molecule has 4 aromatic rings. The summed E-state index contributed by atoms with van der Waals surface area (Å²) >= 11 is 0. The second kappa shape index (κ2) is 10.2. The van der Waals surface area contributed by atoms with E-state index in [1.807, 2.05) is 13.0 Å². The number of phosphoric ester groups is 1. The van der Waals surface area contributed by atoms with Gasteiger partial charge in [0.2, 0.25) is 6.73 Å². The molecule has 176 valence electrons. The molecular weight excluding hydrogens is 457 g/mol. The minimum atomic E-state index is -4.62. The highest BCUT2D eigenvalue weighted by Gasteiger charge is 2.20. The second-order valence-corrected chi connectivity index (χ2v) is 9.04. The molecule has 0 aliphatic heterocycles. The van der Waals surface area contributed by atoms with Gasteiger partial charge in [0.05, 0.1) is 11.9 Å². The quantitative estimate of drug-likeness (QED) is 0.242. The van der Waals surface area contributed by atoms with Crippen LogP contribution in [0.25, 0.3) is 11.3 Å². The zero-order chi connectivity index (χ0) is 24.1. The Labute approximate surface area is 196 Å². The van der Waals surface area contributed by atoms with Crippen molar-refractivity contribution < 1.29 is 28.0 Å². The summed E-state index contributed by atoms with van der Waals surface area (Å²) < 4.78 is 22.3. The Morgan fingerprint density at radius 3 is 2.59 bits per heavy atom. The molecule has 0 saturated heterocycles. The minimum absolute atomic E-state index is 0.238. The summed E-state index contributed by atoms with van der Waals surface area (Å²) in [5.74, 6) is 1.47. The number of aryl methyl sites for hydroxylation is 3. The molecule has 0 bridgehead atoms. The van der Waals surface area contributed by atoms with Crippen LogP contribution < -0.4 is 10.3 Å². The molecular formula is C23H25N5O5P+. The molecule has 34 heavy (non-hydrogen) atoms. The minimum Gasteiger partial charge on any atom is -0.356 e. The molecule has 1 aromatic carbocycles. The predicted molar refractivity (Wildman–Crippen MR) is 123 cm³/mol. The summed E-state index contributed by atoms with van der Waals surface area (Å²) in [6.45, 7) is 1.49. The van der Waals surface area contributed by atoms with Gasteiger partial charge in [-0.05, 0) is 49.1 Å². The number of pyridine rings is 1. The predicted octanol–water partition coefficient (Wildman–Crippen LogP) is 2.75. The lowest BCUT2D eigenvalue weighted by Crippen LogP contribution is -2.38. The Balaban J connectivity index is 1.40. The number of anilines is 1. The molecule has 4 N–H and O–H groups in total. The van der Waals surface area contributed by atoms with Crippen molar-refractivity contribution in [3.8, 4) is 11.3 Å². The van der Waals surface area contributed by atoms with Crippen LogP contribution >= 0.6 is 7.82 Å². The van der Waals surface area contributed by atoms with E-state index in [1.54, 1.807) is 30.6 Å². The molecule has 10 nitrogen and oxygen atoms in total. The van der Waals surface area contributed by atoms with Gasteiger partial charge in [-0.25, -0.2) is 23.6 Å². The first-order valence-corrected chi connectivity index (χ1v) is 12.1. The van der Waals surface area contributed by atoms with E-state index in [2.05, 4.69) is 43.9 Å². The maximum atomic E-state index is 11.0. The van der Waals surface area contributed by atoms with Crippen LogP contribution in [-0.2, 0) is 35.1 Å². The van der Waals surface area contributed by atoms with E-state index in [0.717, 1.165) is 35.6 Å². The summed E-state index contributed by atoms with van der Waals surface area (Å²) in [6.07, 6.45) is 5.67. The van der Waals surface area contributed by atoms with Gasteiger partial charge >= 0.3 is 7.82 Å². The summed E-state index contributed by atoms with van der Waals surface area (Å²) in [4.78, 5) is 26.4. The second-order valence-electron chi connectivity index (χ2n) is 7.80. The van der Waals surface area contributed by atoms with E-state index >= 15 is 0 Å². The average Bonchev–Trinajstić information content (AvgIpc) is 3.25. The van der Waals surface area contributed by atoms with Crippen molar-refractivity contribution in [1.82, 2.24) is 15.1 Å². The molecule has 0 saturated carbocycles. The largest absolute Gasteiger partial charge is 0.472 e. The van der Waals surface area contributed by atoms with E-state index in [4.69, 9.17) is 20.0 Å². The first-order chi connectivity index (χ1) is 16.3. The first kappa shape index (κ1) is 23.7. The van der Waals surface area contributed by atoms with Crippen molar-refractivity contribution in [3.05, 3.63) is 89.3 Å². The van der Waals surface area contributed by atoms with Crippen molar-refractivity contribution >= 4 is 13.6 Å². The van der Waals surface area contributed by atoms with Crippen LogP contribution in [0.1, 0.15) is 28.3 Å². The van der Waals surface area contributed by atoms with Gasteiger partial charge in [-0.2, -0.15) is 0 Å². The van der Waals surface area contributed by atoms with E-state index < -0.39 is 14.6 Å². The molecule has 0 aliphatic rings. The van der Waals surface area contributed by atoms with Crippen LogP contribution in [0.4, 0.5) is 5.82 Å². The number of nitrogens with two attached hydrogens (primary N) is 1. The number of aromatic nitrogens is 4. The zero-order valence-corrected chi connectivity index (χ0v) is 19.4. The number of phosphoric acid groups is 1. The fourth-order valence-corrected chi connectivity index (χ4v) is 3.77. The van der Waals surface area contributed by atoms with Crippen LogP contribution in [-0.4, -0.2) is 24.9 Å². The van der Waals surface area contributed by atoms with Crippen LogP contribution in [0, 0.1) is 6.92 Å². The highest BCUT2D eigenvalue weighted by Crippen LogP contribution is 2.35. The highest BCUT2D eigenvalue weighted by molar-refractivity contribution is 7.46. The number of nitrogens with zero attached hydrogens (tertiary/aromatic N) is 4. The topological polar surface area (TPSA) is 148 Å². The summed E-state index contributed by atoms with van der Waals surface area (Å²) in [5.41, 5.74) is 10.8. The smallest absolute Gasteiger partial charge is 0.356 e.